The highest BCUT2D eigenvalue weighted by atomic mass is 16.4. The normalized spacial score (nSPS) is 23.5. The Labute approximate surface area is 124 Å². The van der Waals surface area contributed by atoms with Crippen molar-refractivity contribution in [1.82, 2.24) is 14.3 Å². The molecule has 2 aromatic rings. The van der Waals surface area contributed by atoms with Gasteiger partial charge in [-0.05, 0) is 37.4 Å². The van der Waals surface area contributed by atoms with Crippen LogP contribution in [0.15, 0.2) is 30.6 Å². The lowest BCUT2D eigenvalue weighted by molar-refractivity contribution is -0.145. The van der Waals surface area contributed by atoms with Crippen molar-refractivity contribution in [3.63, 3.8) is 0 Å². The first-order valence-corrected chi connectivity index (χ1v) is 7.57. The molecule has 0 aromatic carbocycles. The van der Waals surface area contributed by atoms with Gasteiger partial charge in [-0.25, -0.2) is 4.98 Å². The molecule has 3 heterocycles. The van der Waals surface area contributed by atoms with Crippen molar-refractivity contribution in [2.24, 2.45) is 5.92 Å². The molecular weight excluding hydrogens is 266 g/mol. The minimum atomic E-state index is -0.711. The van der Waals surface area contributed by atoms with Gasteiger partial charge >= 0.3 is 5.97 Å². The first-order valence-electron chi connectivity index (χ1n) is 7.57. The molecule has 2 atom stereocenters. The van der Waals surface area contributed by atoms with E-state index >= 15 is 0 Å². The molecule has 1 aliphatic rings. The van der Waals surface area contributed by atoms with E-state index in [0.717, 1.165) is 37.1 Å². The largest absolute Gasteiger partial charge is 0.480 e. The molecule has 5 heteroatoms. The first kappa shape index (κ1) is 14.1. The number of carboxylic acids is 1. The second-order valence-electron chi connectivity index (χ2n) is 5.82. The molecule has 0 bridgehead atoms. The lowest BCUT2D eigenvalue weighted by Gasteiger charge is -2.36. The minimum Gasteiger partial charge on any atom is -0.480 e. The molecule has 2 aromatic heterocycles. The molecule has 1 saturated heterocycles. The quantitative estimate of drug-likeness (QED) is 0.938. The zero-order valence-corrected chi connectivity index (χ0v) is 12.3. The van der Waals surface area contributed by atoms with Crippen LogP contribution in [0.2, 0.25) is 0 Å². The Morgan fingerprint density at radius 3 is 3.05 bits per heavy atom. The average molecular weight is 287 g/mol. The molecule has 5 nitrogen and oxygen atoms in total. The van der Waals surface area contributed by atoms with Crippen LogP contribution in [0.1, 0.15) is 31.9 Å². The smallest absolute Gasteiger partial charge is 0.320 e. The molecule has 1 aliphatic heterocycles. The summed E-state index contributed by atoms with van der Waals surface area (Å²) in [7, 11) is 0. The number of fused-ring (bicyclic) bond motifs is 1. The van der Waals surface area contributed by atoms with E-state index in [-0.39, 0.29) is 6.04 Å². The zero-order valence-electron chi connectivity index (χ0n) is 12.3. The third-order valence-corrected chi connectivity index (χ3v) is 4.46. The van der Waals surface area contributed by atoms with Crippen LogP contribution in [0.3, 0.4) is 0 Å². The molecule has 2 unspecified atom stereocenters. The van der Waals surface area contributed by atoms with Gasteiger partial charge in [-0.3, -0.25) is 9.69 Å². The predicted molar refractivity (Wildman–Crippen MR) is 80.0 cm³/mol. The molecule has 21 heavy (non-hydrogen) atoms. The van der Waals surface area contributed by atoms with E-state index < -0.39 is 5.97 Å². The van der Waals surface area contributed by atoms with Gasteiger partial charge in [0, 0.05) is 18.9 Å². The summed E-state index contributed by atoms with van der Waals surface area (Å²) in [5.74, 6) is -0.180. The highest BCUT2D eigenvalue weighted by molar-refractivity contribution is 5.73. The fourth-order valence-electron chi connectivity index (χ4n) is 3.18. The lowest BCUT2D eigenvalue weighted by Crippen LogP contribution is -2.46. The maximum atomic E-state index is 11.5. The number of nitrogens with zero attached hydrogens (tertiary/aromatic N) is 3. The summed E-state index contributed by atoms with van der Waals surface area (Å²) in [6, 6.07) is 5.50. The summed E-state index contributed by atoms with van der Waals surface area (Å²) in [6.07, 6.45) is 6.84. The van der Waals surface area contributed by atoms with Crippen LogP contribution in [0.4, 0.5) is 0 Å². The number of carbonyl (C=O) groups is 1. The molecule has 3 rings (SSSR count). The van der Waals surface area contributed by atoms with Crippen molar-refractivity contribution < 1.29 is 9.90 Å². The third-order valence-electron chi connectivity index (χ3n) is 4.46. The number of aliphatic carboxylic acids is 1. The number of carboxylic acid groups (broad SMARTS) is 1. The Balaban J connectivity index is 1.77. The van der Waals surface area contributed by atoms with Crippen LogP contribution in [-0.4, -0.2) is 37.9 Å². The SMILES string of the molecule is CCC1CCN(Cc2cn3ccccc3n2)C(C(=O)O)C1. The number of hydrogen-bond donors (Lipinski definition) is 1. The van der Waals surface area contributed by atoms with Crippen molar-refractivity contribution in [2.45, 2.75) is 38.8 Å². The van der Waals surface area contributed by atoms with Gasteiger partial charge in [0.25, 0.3) is 0 Å². The third kappa shape index (κ3) is 2.93. The number of rotatable bonds is 4. The minimum absolute atomic E-state index is 0.381. The van der Waals surface area contributed by atoms with E-state index in [1.807, 2.05) is 35.0 Å². The summed E-state index contributed by atoms with van der Waals surface area (Å²) in [5, 5.41) is 9.47. The van der Waals surface area contributed by atoms with E-state index in [1.54, 1.807) is 0 Å². The summed E-state index contributed by atoms with van der Waals surface area (Å²) in [4.78, 5) is 18.1. The Kier molecular flexibility index (Phi) is 3.92. The number of aromatic nitrogens is 2. The summed E-state index contributed by atoms with van der Waals surface area (Å²) >= 11 is 0. The van der Waals surface area contributed by atoms with Crippen LogP contribution in [0.25, 0.3) is 5.65 Å². The van der Waals surface area contributed by atoms with Crippen molar-refractivity contribution in [3.05, 3.63) is 36.3 Å². The fraction of sp³-hybridized carbons (Fsp3) is 0.500. The van der Waals surface area contributed by atoms with E-state index in [1.165, 1.54) is 0 Å². The number of piperidine rings is 1. The molecule has 0 amide bonds. The summed E-state index contributed by atoms with van der Waals surface area (Å²) < 4.78 is 1.98. The van der Waals surface area contributed by atoms with Crippen LogP contribution in [-0.2, 0) is 11.3 Å². The van der Waals surface area contributed by atoms with E-state index in [9.17, 15) is 9.90 Å². The number of hydrogen-bond acceptors (Lipinski definition) is 3. The Morgan fingerprint density at radius 2 is 2.33 bits per heavy atom. The second kappa shape index (κ2) is 5.85. The van der Waals surface area contributed by atoms with Gasteiger partial charge in [0.1, 0.15) is 11.7 Å². The van der Waals surface area contributed by atoms with Gasteiger partial charge in [-0.15, -0.1) is 0 Å². The van der Waals surface area contributed by atoms with Crippen LogP contribution < -0.4 is 0 Å². The summed E-state index contributed by atoms with van der Waals surface area (Å²) in [5.41, 5.74) is 1.84. The van der Waals surface area contributed by atoms with Crippen LogP contribution >= 0.6 is 0 Å². The van der Waals surface area contributed by atoms with E-state index in [0.29, 0.717) is 12.5 Å². The molecule has 0 radical (unpaired) electrons. The van der Waals surface area contributed by atoms with Crippen molar-refractivity contribution in [3.8, 4) is 0 Å². The molecule has 1 fully saturated rings. The number of pyridine rings is 1. The van der Waals surface area contributed by atoms with Gasteiger partial charge in [0.15, 0.2) is 0 Å². The predicted octanol–water partition coefficient (Wildman–Crippen LogP) is 2.41. The van der Waals surface area contributed by atoms with Crippen molar-refractivity contribution in [1.29, 1.82) is 0 Å². The van der Waals surface area contributed by atoms with E-state index in [4.69, 9.17) is 0 Å². The molecule has 0 aliphatic carbocycles. The molecule has 0 spiro atoms. The second-order valence-corrected chi connectivity index (χ2v) is 5.82. The molecular formula is C16H21N3O2. The Hall–Kier alpha value is -1.88. The standard InChI is InChI=1S/C16H21N3O2/c1-2-12-6-8-18(14(9-12)16(20)21)10-13-11-19-7-4-3-5-15(19)17-13/h3-5,7,11-12,14H,2,6,8-10H2,1H3,(H,20,21). The van der Waals surface area contributed by atoms with E-state index in [2.05, 4.69) is 16.8 Å². The zero-order chi connectivity index (χ0) is 14.8. The Morgan fingerprint density at radius 1 is 1.48 bits per heavy atom. The van der Waals surface area contributed by atoms with Crippen LogP contribution in [0, 0.1) is 5.92 Å². The maximum absolute atomic E-state index is 11.5. The van der Waals surface area contributed by atoms with Gasteiger partial charge in [-0.1, -0.05) is 19.4 Å². The van der Waals surface area contributed by atoms with Crippen molar-refractivity contribution in [2.75, 3.05) is 6.54 Å². The fourth-order valence-corrected chi connectivity index (χ4v) is 3.18. The maximum Gasteiger partial charge on any atom is 0.320 e. The summed E-state index contributed by atoms with van der Waals surface area (Å²) in [6.45, 7) is 3.58. The van der Waals surface area contributed by atoms with Gasteiger partial charge < -0.3 is 9.51 Å². The van der Waals surface area contributed by atoms with Crippen LogP contribution in [0.5, 0.6) is 0 Å². The highest BCUT2D eigenvalue weighted by Gasteiger charge is 2.32. The topological polar surface area (TPSA) is 57.8 Å². The highest BCUT2D eigenvalue weighted by Crippen LogP contribution is 2.26. The molecule has 112 valence electrons. The van der Waals surface area contributed by atoms with Crippen molar-refractivity contribution >= 4 is 11.6 Å². The van der Waals surface area contributed by atoms with Gasteiger partial charge in [0.2, 0.25) is 0 Å². The number of imidazole rings is 1. The number of likely N-dealkylation sites (tertiary alicyclic amines) is 1. The molecule has 0 saturated carbocycles. The van der Waals surface area contributed by atoms with Gasteiger partial charge in [0.05, 0.1) is 5.69 Å². The Bertz CT molecular complexity index is 604. The van der Waals surface area contributed by atoms with Gasteiger partial charge in [-0.2, -0.15) is 0 Å². The first-order chi connectivity index (χ1) is 10.2. The molecule has 1 N–H and O–H groups in total. The lowest BCUT2D eigenvalue weighted by atomic mass is 9.89. The average Bonchev–Trinajstić information content (AvgIpc) is 2.89. The monoisotopic (exact) mass is 287 g/mol.